The van der Waals surface area contributed by atoms with Crippen molar-refractivity contribution in [3.8, 4) is 34.6 Å². The van der Waals surface area contributed by atoms with Crippen molar-refractivity contribution >= 4 is 29.6 Å². The molecule has 1 atom stereocenters. The molecule has 0 bridgehead atoms. The van der Waals surface area contributed by atoms with Crippen LogP contribution < -0.4 is 15.4 Å². The number of fused-ring (bicyclic) bond motifs is 1. The second-order valence-corrected chi connectivity index (χ2v) is 10.5. The van der Waals surface area contributed by atoms with Crippen LogP contribution in [0.15, 0.2) is 48.5 Å². The molecule has 3 heterocycles. The van der Waals surface area contributed by atoms with Crippen LogP contribution in [0.3, 0.4) is 0 Å². The summed E-state index contributed by atoms with van der Waals surface area (Å²) in [5.41, 5.74) is -0.674. The van der Waals surface area contributed by atoms with E-state index < -0.39 is 41.6 Å². The molecule has 0 aliphatic carbocycles. The van der Waals surface area contributed by atoms with Gasteiger partial charge in [-0.25, -0.2) is 18.6 Å². The molecule has 1 aromatic heterocycles. The fraction of sp³-hybridized carbons (Fsp3) is 0.242. The molecule has 12 heteroatoms. The Balaban J connectivity index is 1.44. The van der Waals surface area contributed by atoms with Gasteiger partial charge in [-0.05, 0) is 48.4 Å². The number of nitrogens with one attached hydrogen (secondary N) is 3. The van der Waals surface area contributed by atoms with Crippen LogP contribution in [0.5, 0.6) is 11.5 Å². The normalized spacial score (nSPS) is 17.4. The second-order valence-electron chi connectivity index (χ2n) is 10.5. The van der Waals surface area contributed by atoms with Crippen LogP contribution >= 0.6 is 0 Å². The Morgan fingerprint density at radius 2 is 2.00 bits per heavy atom. The Hall–Kier alpha value is -5.57. The summed E-state index contributed by atoms with van der Waals surface area (Å²) in [5, 5.41) is 22.8. The van der Waals surface area contributed by atoms with Crippen molar-refractivity contribution in [2.75, 3.05) is 13.7 Å². The van der Waals surface area contributed by atoms with E-state index in [-0.39, 0.29) is 40.4 Å². The average Bonchev–Trinajstić information content (AvgIpc) is 3.49. The third kappa shape index (κ3) is 5.97. The van der Waals surface area contributed by atoms with Crippen LogP contribution in [0.25, 0.3) is 16.8 Å². The van der Waals surface area contributed by atoms with Gasteiger partial charge in [-0.3, -0.25) is 14.9 Å². The predicted octanol–water partition coefficient (Wildman–Crippen LogP) is 4.55. The van der Waals surface area contributed by atoms with Gasteiger partial charge in [0, 0.05) is 29.5 Å². The number of aromatic hydroxyl groups is 1. The van der Waals surface area contributed by atoms with E-state index in [4.69, 9.17) is 10.1 Å². The maximum absolute atomic E-state index is 15.4. The zero-order valence-electron chi connectivity index (χ0n) is 24.5. The molecular formula is C33H29F2N5O5. The van der Waals surface area contributed by atoms with Crippen molar-refractivity contribution in [2.45, 2.75) is 38.3 Å². The number of benzene rings is 2. The van der Waals surface area contributed by atoms with Crippen molar-refractivity contribution in [3.63, 3.8) is 0 Å². The second kappa shape index (κ2) is 12.6. The molecule has 5 rings (SSSR count). The van der Waals surface area contributed by atoms with E-state index >= 15 is 4.39 Å². The van der Waals surface area contributed by atoms with Crippen molar-refractivity contribution in [1.29, 1.82) is 5.41 Å². The predicted molar refractivity (Wildman–Crippen MR) is 162 cm³/mol. The first-order chi connectivity index (χ1) is 21.6. The van der Waals surface area contributed by atoms with E-state index in [2.05, 4.69) is 34.4 Å². The van der Waals surface area contributed by atoms with Gasteiger partial charge in [0.2, 0.25) is 5.54 Å². The van der Waals surface area contributed by atoms with Gasteiger partial charge in [0.1, 0.15) is 17.3 Å². The number of rotatable bonds is 9. The molecule has 45 heavy (non-hydrogen) atoms. The molecule has 4 amide bonds. The number of ether oxygens (including phenoxy) is 1. The van der Waals surface area contributed by atoms with E-state index in [1.807, 2.05) is 6.08 Å². The van der Waals surface area contributed by atoms with Crippen molar-refractivity contribution < 1.29 is 33.0 Å². The summed E-state index contributed by atoms with van der Waals surface area (Å²) in [6.45, 7) is 1.62. The first-order valence-corrected chi connectivity index (χ1v) is 14.1. The minimum Gasteiger partial charge on any atom is -0.506 e. The fourth-order valence-corrected chi connectivity index (χ4v) is 5.17. The largest absolute Gasteiger partial charge is 0.506 e. The molecule has 1 saturated heterocycles. The smallest absolute Gasteiger partial charge is 0.323 e. The number of nitrogens with zero attached hydrogens (tertiary/aromatic N) is 2. The third-order valence-corrected chi connectivity index (χ3v) is 7.54. The molecular weight excluding hydrogens is 584 g/mol. The van der Waals surface area contributed by atoms with Crippen LogP contribution in [0.4, 0.5) is 13.6 Å². The van der Waals surface area contributed by atoms with E-state index in [9.17, 15) is 23.9 Å². The fourth-order valence-electron chi connectivity index (χ4n) is 5.17. The monoisotopic (exact) mass is 613 g/mol. The molecule has 2 aliphatic heterocycles. The number of urea groups is 1. The summed E-state index contributed by atoms with van der Waals surface area (Å²) in [4.78, 5) is 43.8. The molecule has 0 spiro atoms. The Kier molecular flexibility index (Phi) is 8.63. The van der Waals surface area contributed by atoms with Crippen molar-refractivity contribution in [1.82, 2.24) is 20.5 Å². The highest BCUT2D eigenvalue weighted by Crippen LogP contribution is 2.33. The summed E-state index contributed by atoms with van der Waals surface area (Å²) in [6, 6.07) is 8.95. The van der Waals surface area contributed by atoms with Gasteiger partial charge in [0.25, 0.3) is 11.8 Å². The maximum Gasteiger partial charge on any atom is 0.323 e. The number of amides is 4. The van der Waals surface area contributed by atoms with Gasteiger partial charge >= 0.3 is 6.03 Å². The van der Waals surface area contributed by atoms with Gasteiger partial charge in [-0.1, -0.05) is 43.7 Å². The van der Waals surface area contributed by atoms with Crippen LogP contribution in [0.1, 0.15) is 53.4 Å². The minimum absolute atomic E-state index is 0.0164. The minimum atomic E-state index is -1.90. The number of imide groups is 1. The number of methoxy groups -OCH3 is 1. The Morgan fingerprint density at radius 3 is 2.67 bits per heavy atom. The summed E-state index contributed by atoms with van der Waals surface area (Å²) < 4.78 is 35.2. The number of hydrogen-bond donors (Lipinski definition) is 4. The quantitative estimate of drug-likeness (QED) is 0.121. The zero-order chi connectivity index (χ0) is 32.3. The lowest BCUT2D eigenvalue weighted by atomic mass is 9.98. The third-order valence-electron chi connectivity index (χ3n) is 7.54. The number of unbranched alkanes of at least 4 members (excludes halogenated alkanes) is 2. The van der Waals surface area contributed by atoms with Gasteiger partial charge in [0.15, 0.2) is 11.6 Å². The highest BCUT2D eigenvalue weighted by atomic mass is 19.1. The molecule has 0 radical (unpaired) electrons. The van der Waals surface area contributed by atoms with E-state index in [1.165, 1.54) is 36.3 Å². The zero-order valence-corrected chi connectivity index (χ0v) is 24.5. The highest BCUT2D eigenvalue weighted by Gasteiger charge is 2.48. The Bertz CT molecular complexity index is 1830. The molecule has 2 aromatic carbocycles. The molecule has 2 aliphatic rings. The molecule has 4 N–H and O–H groups in total. The molecule has 3 aromatic rings. The van der Waals surface area contributed by atoms with E-state index in [0.717, 1.165) is 31.5 Å². The summed E-state index contributed by atoms with van der Waals surface area (Å²) >= 11 is 0. The topological polar surface area (TPSA) is 145 Å². The Labute approximate surface area is 257 Å². The number of aromatic nitrogens is 1. The summed E-state index contributed by atoms with van der Waals surface area (Å²) in [6.07, 6.45) is 5.68. The number of pyridine rings is 1. The first kappa shape index (κ1) is 30.9. The lowest BCUT2D eigenvalue weighted by molar-refractivity contribution is -0.122. The number of carbonyl (C=O) groups excluding carboxylic acids is 3. The maximum atomic E-state index is 15.4. The molecule has 0 saturated carbocycles. The summed E-state index contributed by atoms with van der Waals surface area (Å²) in [5.74, 6) is 1.90. The molecule has 230 valence electrons. The SMILES string of the molecule is CCCC/C=C(\C=N)c1ccc(O)c(-c2ccc(C#CC3(CN4Cc5ccc(OC)c(F)c5C4=O)NC(=O)NC3=O)cc2F)n1. The van der Waals surface area contributed by atoms with Gasteiger partial charge in [0.05, 0.1) is 24.9 Å². The van der Waals surface area contributed by atoms with E-state index in [0.29, 0.717) is 16.8 Å². The van der Waals surface area contributed by atoms with Crippen LogP contribution in [0.2, 0.25) is 0 Å². The van der Waals surface area contributed by atoms with Crippen LogP contribution in [-0.2, 0) is 11.3 Å². The number of halogens is 2. The van der Waals surface area contributed by atoms with E-state index in [1.54, 1.807) is 12.1 Å². The van der Waals surface area contributed by atoms with Gasteiger partial charge in [-0.2, -0.15) is 0 Å². The molecule has 1 unspecified atom stereocenters. The van der Waals surface area contributed by atoms with Crippen molar-refractivity contribution in [2.24, 2.45) is 0 Å². The first-order valence-electron chi connectivity index (χ1n) is 14.1. The standard InChI is InChI=1S/C33H29F2N5O5/c1-3-4-5-6-20(16-36)24-10-11-25(41)29(37-24)22-9-7-19(15-23(22)34)13-14-33(31(43)38-32(44)39-33)18-40-17-21-8-12-26(45-2)28(35)27(21)30(40)42/h6-12,15-16,36,41H,3-5,17-18H2,1-2H3,(H2,38,39,43,44)/b20-6+,36-16?. The van der Waals surface area contributed by atoms with Crippen LogP contribution in [-0.4, -0.2) is 58.2 Å². The molecule has 1 fully saturated rings. The lowest BCUT2D eigenvalue weighted by Crippen LogP contribution is -2.54. The highest BCUT2D eigenvalue weighted by molar-refractivity contribution is 6.10. The van der Waals surface area contributed by atoms with Crippen molar-refractivity contribution in [3.05, 3.63) is 82.6 Å². The van der Waals surface area contributed by atoms with Gasteiger partial charge in [-0.15, -0.1) is 0 Å². The molecule has 10 nitrogen and oxygen atoms in total. The number of hydrogen-bond acceptors (Lipinski definition) is 7. The van der Waals surface area contributed by atoms with Crippen LogP contribution in [0, 0.1) is 28.9 Å². The lowest BCUT2D eigenvalue weighted by Gasteiger charge is -2.26. The summed E-state index contributed by atoms with van der Waals surface area (Å²) in [7, 11) is 1.28. The number of carbonyl (C=O) groups is 3. The average molecular weight is 614 g/mol. The Morgan fingerprint density at radius 1 is 1.20 bits per heavy atom. The van der Waals surface area contributed by atoms with Gasteiger partial charge < -0.3 is 25.5 Å². The number of allylic oxidation sites excluding steroid dienone is 2.